The third-order valence-electron chi connectivity index (χ3n) is 6.46. The van der Waals surface area contributed by atoms with Gasteiger partial charge in [0.15, 0.2) is 5.82 Å². The number of anilines is 2. The van der Waals surface area contributed by atoms with Crippen LogP contribution in [0.5, 0.6) is 0 Å². The van der Waals surface area contributed by atoms with Crippen LogP contribution in [0.2, 0.25) is 0 Å². The summed E-state index contributed by atoms with van der Waals surface area (Å²) < 4.78 is 63.7. The Kier molecular flexibility index (Phi) is 7.93. The fourth-order valence-corrected chi connectivity index (χ4v) is 5.65. The third kappa shape index (κ3) is 6.07. The molecule has 0 atom stereocenters. The number of imidazole rings is 1. The van der Waals surface area contributed by atoms with Crippen molar-refractivity contribution in [2.45, 2.75) is 57.0 Å². The summed E-state index contributed by atoms with van der Waals surface area (Å²) in [7, 11) is -2.58. The number of fused-ring (bicyclic) bond motifs is 1. The van der Waals surface area contributed by atoms with Crippen LogP contribution in [0, 0.1) is 5.92 Å². The van der Waals surface area contributed by atoms with Gasteiger partial charge < -0.3 is 19.9 Å². The molecule has 12 heteroatoms. The van der Waals surface area contributed by atoms with Gasteiger partial charge in [0, 0.05) is 45.5 Å². The molecule has 0 aliphatic carbocycles. The molecule has 4 rings (SSSR count). The number of aromatic nitrogens is 2. The highest BCUT2D eigenvalue weighted by atomic mass is 32.2. The summed E-state index contributed by atoms with van der Waals surface area (Å²) in [5.74, 6) is -3.31. The van der Waals surface area contributed by atoms with Gasteiger partial charge in [-0.1, -0.05) is 0 Å². The summed E-state index contributed by atoms with van der Waals surface area (Å²) in [6.45, 7) is 6.06. The number of sulfonamides is 1. The van der Waals surface area contributed by atoms with Crippen molar-refractivity contribution in [2.24, 2.45) is 5.92 Å². The van der Waals surface area contributed by atoms with Crippen LogP contribution in [0.3, 0.4) is 0 Å². The molecule has 1 fully saturated rings. The number of nitrogens with one attached hydrogen (secondary N) is 2. The van der Waals surface area contributed by atoms with E-state index in [2.05, 4.69) is 15.6 Å². The molecule has 1 aromatic heterocycles. The van der Waals surface area contributed by atoms with E-state index in [1.54, 1.807) is 16.7 Å². The van der Waals surface area contributed by atoms with Gasteiger partial charge in [-0.15, -0.1) is 0 Å². The smallest absolute Gasteiger partial charge is 0.319 e. The van der Waals surface area contributed by atoms with Crippen LogP contribution in [-0.4, -0.2) is 50.3 Å². The Morgan fingerprint density at radius 1 is 1.18 bits per heavy atom. The molecule has 1 aliphatic heterocycles. The van der Waals surface area contributed by atoms with Crippen LogP contribution in [0.1, 0.15) is 39.4 Å². The molecule has 0 radical (unpaired) electrons. The number of carbonyl (C=O) groups is 1. The summed E-state index contributed by atoms with van der Waals surface area (Å²) in [5, 5.41) is 5.34. The lowest BCUT2D eigenvalue weighted by Gasteiger charge is -2.24. The molecule has 0 unspecified atom stereocenters. The van der Waals surface area contributed by atoms with Gasteiger partial charge in [-0.05, 0) is 75.1 Å². The number of benzene rings is 2. The Hall–Kier alpha value is -3.25. The molecule has 38 heavy (non-hydrogen) atoms. The van der Waals surface area contributed by atoms with E-state index in [1.807, 2.05) is 13.8 Å². The van der Waals surface area contributed by atoms with E-state index in [0.717, 1.165) is 24.1 Å². The zero-order valence-corrected chi connectivity index (χ0v) is 22.7. The Balaban J connectivity index is 1.60. The van der Waals surface area contributed by atoms with Gasteiger partial charge in [-0.25, -0.2) is 18.2 Å². The minimum absolute atomic E-state index is 0.0146. The van der Waals surface area contributed by atoms with E-state index in [1.165, 1.54) is 37.4 Å². The van der Waals surface area contributed by atoms with E-state index in [-0.39, 0.29) is 28.4 Å². The number of hydrogen-bond donors (Lipinski definition) is 2. The molecule has 2 heterocycles. The van der Waals surface area contributed by atoms with Gasteiger partial charge in [-0.3, -0.25) is 4.31 Å². The van der Waals surface area contributed by atoms with Crippen LogP contribution in [0.4, 0.5) is 25.0 Å². The second-order valence-electron chi connectivity index (χ2n) is 9.91. The molecule has 2 aromatic carbocycles. The lowest BCUT2D eigenvalue weighted by Crippen LogP contribution is -2.34. The standard InChI is InChI=1S/C26H33F2N5O4S/c1-17(2)29-25(34)30-19-5-8-21(9-6-19)38(35,36)32(4)20-7-10-23-22(15-20)31-24(26(3,27)28)33(23)16-18-11-13-37-14-12-18/h5-10,15,17-18H,11-14,16H2,1-4H3,(H2,29,30,34). The molecule has 0 spiro atoms. The van der Waals surface area contributed by atoms with Crippen molar-refractivity contribution in [3.05, 3.63) is 48.3 Å². The second kappa shape index (κ2) is 10.9. The molecule has 9 nitrogen and oxygen atoms in total. The molecule has 1 aliphatic rings. The minimum atomic E-state index is -3.97. The monoisotopic (exact) mass is 549 g/mol. The molecule has 2 amide bonds. The fourth-order valence-electron chi connectivity index (χ4n) is 4.46. The lowest BCUT2D eigenvalue weighted by atomic mass is 10.00. The Morgan fingerprint density at radius 2 is 1.84 bits per heavy atom. The number of urea groups is 1. The number of alkyl halides is 2. The molecular weight excluding hydrogens is 516 g/mol. The van der Waals surface area contributed by atoms with E-state index in [9.17, 15) is 22.0 Å². The highest BCUT2D eigenvalue weighted by Crippen LogP contribution is 2.34. The third-order valence-corrected chi connectivity index (χ3v) is 8.26. The first kappa shape index (κ1) is 27.8. The SMILES string of the molecule is CC(C)NC(=O)Nc1ccc(S(=O)(=O)N(C)c2ccc3c(c2)nc(C(C)(F)F)n3CC2CCOCC2)cc1. The highest BCUT2D eigenvalue weighted by Gasteiger charge is 2.33. The van der Waals surface area contributed by atoms with E-state index < -0.39 is 22.0 Å². The van der Waals surface area contributed by atoms with Crippen molar-refractivity contribution in [1.29, 1.82) is 0 Å². The van der Waals surface area contributed by atoms with E-state index >= 15 is 0 Å². The average molecular weight is 550 g/mol. The van der Waals surface area contributed by atoms with Crippen molar-refractivity contribution in [2.75, 3.05) is 29.9 Å². The lowest BCUT2D eigenvalue weighted by molar-refractivity contribution is 0.00222. The Labute approximate surface area is 221 Å². The molecule has 206 valence electrons. The van der Waals surface area contributed by atoms with Gasteiger partial charge in [-0.2, -0.15) is 8.78 Å². The molecule has 1 saturated heterocycles. The normalized spacial score (nSPS) is 15.1. The topological polar surface area (TPSA) is 106 Å². The van der Waals surface area contributed by atoms with Crippen LogP contribution >= 0.6 is 0 Å². The first-order chi connectivity index (χ1) is 17.9. The first-order valence-corrected chi connectivity index (χ1v) is 13.9. The molecule has 0 bridgehead atoms. The average Bonchev–Trinajstić information content (AvgIpc) is 3.22. The summed E-state index contributed by atoms with van der Waals surface area (Å²) in [4.78, 5) is 16.1. The van der Waals surface area contributed by atoms with E-state index in [4.69, 9.17) is 4.74 Å². The predicted molar refractivity (Wildman–Crippen MR) is 142 cm³/mol. The molecular formula is C26H33F2N5O4S. The van der Waals surface area contributed by atoms with Crippen molar-refractivity contribution in [3.63, 3.8) is 0 Å². The Morgan fingerprint density at radius 3 is 2.45 bits per heavy atom. The van der Waals surface area contributed by atoms with Crippen LogP contribution < -0.4 is 14.9 Å². The summed E-state index contributed by atoms with van der Waals surface area (Å²) in [6, 6.07) is 10.1. The fraction of sp³-hybridized carbons (Fsp3) is 0.462. The van der Waals surface area contributed by atoms with E-state index in [0.29, 0.717) is 36.5 Å². The van der Waals surface area contributed by atoms with Crippen LogP contribution in [0.25, 0.3) is 11.0 Å². The number of carbonyl (C=O) groups excluding carboxylic acids is 1. The molecule has 0 saturated carbocycles. The van der Waals surface area contributed by atoms with Crippen LogP contribution in [-0.2, 0) is 27.2 Å². The first-order valence-electron chi connectivity index (χ1n) is 12.5. The predicted octanol–water partition coefficient (Wildman–Crippen LogP) is 4.93. The van der Waals surface area contributed by atoms with Gasteiger partial charge in [0.1, 0.15) is 0 Å². The number of ether oxygens (including phenoxy) is 1. The largest absolute Gasteiger partial charge is 0.381 e. The number of nitrogens with zero attached hydrogens (tertiary/aromatic N) is 3. The summed E-state index contributed by atoms with van der Waals surface area (Å²) in [6.07, 6.45) is 1.56. The zero-order chi connectivity index (χ0) is 27.7. The number of hydrogen-bond acceptors (Lipinski definition) is 5. The maximum atomic E-state index is 14.5. The maximum absolute atomic E-state index is 14.5. The number of amides is 2. The number of halogens is 2. The van der Waals surface area contributed by atoms with Gasteiger partial charge >= 0.3 is 12.0 Å². The van der Waals surface area contributed by atoms with Crippen molar-refractivity contribution in [1.82, 2.24) is 14.9 Å². The van der Waals surface area contributed by atoms with Gasteiger partial charge in [0.25, 0.3) is 10.0 Å². The van der Waals surface area contributed by atoms with Gasteiger partial charge in [0.05, 0.1) is 21.6 Å². The van der Waals surface area contributed by atoms with Crippen molar-refractivity contribution in [3.8, 4) is 0 Å². The highest BCUT2D eigenvalue weighted by molar-refractivity contribution is 7.92. The van der Waals surface area contributed by atoms with Gasteiger partial charge in [0.2, 0.25) is 0 Å². The Bertz CT molecular complexity index is 1400. The summed E-state index contributed by atoms with van der Waals surface area (Å²) >= 11 is 0. The molecule has 2 N–H and O–H groups in total. The second-order valence-corrected chi connectivity index (χ2v) is 11.9. The summed E-state index contributed by atoms with van der Waals surface area (Å²) in [5.41, 5.74) is 1.55. The quantitative estimate of drug-likeness (QED) is 0.415. The van der Waals surface area contributed by atoms with Crippen molar-refractivity contribution >= 4 is 38.5 Å². The maximum Gasteiger partial charge on any atom is 0.319 e. The zero-order valence-electron chi connectivity index (χ0n) is 21.9. The van der Waals surface area contributed by atoms with Crippen molar-refractivity contribution < 1.29 is 26.7 Å². The van der Waals surface area contributed by atoms with Crippen LogP contribution in [0.15, 0.2) is 47.4 Å². The minimum Gasteiger partial charge on any atom is -0.381 e. The molecule has 3 aromatic rings. The number of rotatable bonds is 8.